The molecule has 0 radical (unpaired) electrons. The quantitative estimate of drug-likeness (QED) is 0.801. The number of esters is 1. The molecule has 1 aliphatic carbocycles. The average molecular weight is 360 g/mol. The van der Waals surface area contributed by atoms with E-state index in [0.717, 1.165) is 5.56 Å². The molecule has 2 aromatic carbocycles. The Kier molecular flexibility index (Phi) is 4.95. The summed E-state index contributed by atoms with van der Waals surface area (Å²) in [6.07, 6.45) is 1.43. The standard InChI is InChI=1S/C19H18ClNO4/c1-24-16-4-2-3-15(11-16)21-17(22)12-25-18(23)19(9-10-19)13-5-7-14(20)8-6-13/h2-8,11H,9-10,12H2,1H3,(H,21,22). The van der Waals surface area contributed by atoms with E-state index in [0.29, 0.717) is 29.3 Å². The van der Waals surface area contributed by atoms with E-state index >= 15 is 0 Å². The molecule has 6 heteroatoms. The SMILES string of the molecule is COc1cccc(NC(=O)COC(=O)C2(c3ccc(Cl)cc3)CC2)c1. The van der Waals surface area contributed by atoms with Crippen molar-refractivity contribution >= 4 is 29.2 Å². The molecular weight excluding hydrogens is 342 g/mol. The van der Waals surface area contributed by atoms with Crippen molar-refractivity contribution in [3.05, 3.63) is 59.1 Å². The first-order valence-electron chi connectivity index (χ1n) is 7.91. The lowest BCUT2D eigenvalue weighted by atomic mass is 9.96. The number of methoxy groups -OCH3 is 1. The Hall–Kier alpha value is -2.53. The molecule has 0 saturated heterocycles. The van der Waals surface area contributed by atoms with E-state index in [1.54, 1.807) is 43.5 Å². The smallest absolute Gasteiger partial charge is 0.317 e. The second-order valence-electron chi connectivity index (χ2n) is 5.95. The van der Waals surface area contributed by atoms with Crippen LogP contribution in [0.2, 0.25) is 5.02 Å². The van der Waals surface area contributed by atoms with Crippen molar-refractivity contribution in [2.75, 3.05) is 19.0 Å². The van der Waals surface area contributed by atoms with Crippen molar-refractivity contribution in [1.82, 2.24) is 0 Å². The lowest BCUT2D eigenvalue weighted by molar-refractivity contribution is -0.150. The highest BCUT2D eigenvalue weighted by molar-refractivity contribution is 6.30. The predicted octanol–water partition coefficient (Wildman–Crippen LogP) is 3.56. The number of ether oxygens (including phenoxy) is 2. The van der Waals surface area contributed by atoms with Crippen LogP contribution in [0.3, 0.4) is 0 Å². The lowest BCUT2D eigenvalue weighted by Gasteiger charge is -2.15. The Morgan fingerprint density at radius 1 is 1.16 bits per heavy atom. The van der Waals surface area contributed by atoms with Crippen molar-refractivity contribution in [3.63, 3.8) is 0 Å². The molecule has 1 amide bonds. The molecule has 130 valence electrons. The summed E-state index contributed by atoms with van der Waals surface area (Å²) < 4.78 is 10.3. The van der Waals surface area contributed by atoms with E-state index in [1.807, 2.05) is 12.1 Å². The topological polar surface area (TPSA) is 64.6 Å². The Morgan fingerprint density at radius 3 is 2.52 bits per heavy atom. The third-order valence-electron chi connectivity index (χ3n) is 4.23. The van der Waals surface area contributed by atoms with Crippen molar-refractivity contribution < 1.29 is 19.1 Å². The minimum atomic E-state index is -0.638. The molecule has 0 heterocycles. The van der Waals surface area contributed by atoms with Gasteiger partial charge in [-0.25, -0.2) is 0 Å². The number of nitrogens with one attached hydrogen (secondary N) is 1. The summed E-state index contributed by atoms with van der Waals surface area (Å²) in [5, 5.41) is 3.29. The summed E-state index contributed by atoms with van der Waals surface area (Å²) in [5.41, 5.74) is 0.815. The van der Waals surface area contributed by atoms with Crippen LogP contribution in [-0.2, 0) is 19.7 Å². The number of anilines is 1. The maximum absolute atomic E-state index is 12.4. The highest BCUT2D eigenvalue weighted by Gasteiger charge is 2.52. The largest absolute Gasteiger partial charge is 0.497 e. The Morgan fingerprint density at radius 2 is 1.88 bits per heavy atom. The zero-order chi connectivity index (χ0) is 17.9. The number of halogens is 1. The number of hydrogen-bond acceptors (Lipinski definition) is 4. The van der Waals surface area contributed by atoms with Crippen molar-refractivity contribution in [2.45, 2.75) is 18.3 Å². The fourth-order valence-electron chi connectivity index (χ4n) is 2.67. The first-order chi connectivity index (χ1) is 12.0. The summed E-state index contributed by atoms with van der Waals surface area (Å²) in [5.74, 6) is -0.140. The van der Waals surface area contributed by atoms with Gasteiger partial charge in [0.25, 0.3) is 5.91 Å². The number of carbonyl (C=O) groups is 2. The lowest BCUT2D eigenvalue weighted by Crippen LogP contribution is -2.28. The Bertz CT molecular complexity index is 784. The van der Waals surface area contributed by atoms with Gasteiger partial charge in [0.15, 0.2) is 6.61 Å². The summed E-state index contributed by atoms with van der Waals surface area (Å²) >= 11 is 5.89. The number of rotatable bonds is 6. The van der Waals surface area contributed by atoms with E-state index in [9.17, 15) is 9.59 Å². The van der Waals surface area contributed by atoms with Crippen LogP contribution in [0, 0.1) is 0 Å². The van der Waals surface area contributed by atoms with Crippen LogP contribution in [0.5, 0.6) is 5.75 Å². The predicted molar refractivity (Wildman–Crippen MR) is 94.9 cm³/mol. The molecule has 0 atom stereocenters. The first kappa shape index (κ1) is 17.3. The van der Waals surface area contributed by atoms with Crippen molar-refractivity contribution in [2.24, 2.45) is 0 Å². The number of carbonyl (C=O) groups excluding carboxylic acids is 2. The van der Waals surface area contributed by atoms with Crippen molar-refractivity contribution in [1.29, 1.82) is 0 Å². The number of hydrogen-bond donors (Lipinski definition) is 1. The van der Waals surface area contributed by atoms with E-state index in [1.165, 1.54) is 0 Å². The van der Waals surface area contributed by atoms with Gasteiger partial charge in [0.1, 0.15) is 5.75 Å². The average Bonchev–Trinajstić information content (AvgIpc) is 3.42. The zero-order valence-corrected chi connectivity index (χ0v) is 14.5. The van der Waals surface area contributed by atoms with Crippen molar-refractivity contribution in [3.8, 4) is 5.75 Å². The Labute approximate surface area is 150 Å². The highest BCUT2D eigenvalue weighted by atomic mass is 35.5. The maximum atomic E-state index is 12.4. The monoisotopic (exact) mass is 359 g/mol. The van der Waals surface area contributed by atoms with E-state index in [2.05, 4.69) is 5.32 Å². The molecule has 1 N–H and O–H groups in total. The maximum Gasteiger partial charge on any atom is 0.317 e. The van der Waals surface area contributed by atoms with Crippen LogP contribution < -0.4 is 10.1 Å². The van der Waals surface area contributed by atoms with Crippen LogP contribution >= 0.6 is 11.6 Å². The minimum Gasteiger partial charge on any atom is -0.497 e. The minimum absolute atomic E-state index is 0.328. The van der Waals surface area contributed by atoms with Gasteiger partial charge >= 0.3 is 5.97 Å². The fraction of sp³-hybridized carbons (Fsp3) is 0.263. The van der Waals surface area contributed by atoms with Gasteiger partial charge in [0.05, 0.1) is 12.5 Å². The summed E-state index contributed by atoms with van der Waals surface area (Å²) in [7, 11) is 1.55. The Balaban J connectivity index is 1.56. The van der Waals surface area contributed by atoms with Gasteiger partial charge in [-0.3, -0.25) is 9.59 Å². The summed E-state index contributed by atoms with van der Waals surface area (Å²) in [6.45, 7) is -0.328. The van der Waals surface area contributed by atoms with Gasteiger partial charge in [-0.2, -0.15) is 0 Å². The normalized spacial score (nSPS) is 14.5. The molecule has 3 rings (SSSR count). The third-order valence-corrected chi connectivity index (χ3v) is 4.48. The van der Waals surface area contributed by atoms with Crippen LogP contribution in [0.25, 0.3) is 0 Å². The van der Waals surface area contributed by atoms with Gasteiger partial charge in [-0.15, -0.1) is 0 Å². The summed E-state index contributed by atoms with van der Waals surface area (Å²) in [6, 6.07) is 14.1. The van der Waals surface area contributed by atoms with Crippen LogP contribution in [-0.4, -0.2) is 25.6 Å². The molecular formula is C19H18ClNO4. The summed E-state index contributed by atoms with van der Waals surface area (Å²) in [4.78, 5) is 24.4. The van der Waals surface area contributed by atoms with E-state index < -0.39 is 11.3 Å². The molecule has 2 aromatic rings. The van der Waals surface area contributed by atoms with E-state index in [-0.39, 0.29) is 12.6 Å². The molecule has 1 saturated carbocycles. The first-order valence-corrected chi connectivity index (χ1v) is 8.28. The van der Waals surface area contributed by atoms with Gasteiger partial charge in [-0.1, -0.05) is 29.8 Å². The van der Waals surface area contributed by atoms with Crippen LogP contribution in [0.15, 0.2) is 48.5 Å². The van der Waals surface area contributed by atoms with Gasteiger partial charge < -0.3 is 14.8 Å². The molecule has 1 aliphatic rings. The molecule has 0 spiro atoms. The molecule has 0 aliphatic heterocycles. The molecule has 0 bridgehead atoms. The molecule has 0 unspecified atom stereocenters. The van der Waals surface area contributed by atoms with Crippen LogP contribution in [0.4, 0.5) is 5.69 Å². The zero-order valence-electron chi connectivity index (χ0n) is 13.8. The number of benzene rings is 2. The third kappa shape index (κ3) is 3.94. The molecule has 5 nitrogen and oxygen atoms in total. The fourth-order valence-corrected chi connectivity index (χ4v) is 2.80. The highest BCUT2D eigenvalue weighted by Crippen LogP contribution is 2.49. The van der Waals surface area contributed by atoms with Crippen LogP contribution in [0.1, 0.15) is 18.4 Å². The second-order valence-corrected chi connectivity index (χ2v) is 6.38. The van der Waals surface area contributed by atoms with Gasteiger partial charge in [0, 0.05) is 16.8 Å². The molecule has 25 heavy (non-hydrogen) atoms. The van der Waals surface area contributed by atoms with Gasteiger partial charge in [0.2, 0.25) is 0 Å². The second kappa shape index (κ2) is 7.15. The van der Waals surface area contributed by atoms with E-state index in [4.69, 9.17) is 21.1 Å². The number of amides is 1. The molecule has 0 aromatic heterocycles. The van der Waals surface area contributed by atoms with Gasteiger partial charge in [-0.05, 0) is 42.7 Å². The molecule has 1 fully saturated rings.